The van der Waals surface area contributed by atoms with E-state index in [4.69, 9.17) is 0 Å². The largest absolute Gasteiger partial charge is 0.396 e. The van der Waals surface area contributed by atoms with Crippen LogP contribution in [0.2, 0.25) is 0 Å². The molecule has 2 rings (SSSR count). The average Bonchev–Trinajstić information content (AvgIpc) is 2.15. The SMILES string of the molecule is CC(C)N1CC2CN(C)CC(C1)C2CO. The second-order valence-electron chi connectivity index (χ2n) is 5.64. The summed E-state index contributed by atoms with van der Waals surface area (Å²) in [7, 11) is 2.21. The summed E-state index contributed by atoms with van der Waals surface area (Å²) in [4.78, 5) is 5.01. The summed E-state index contributed by atoms with van der Waals surface area (Å²) >= 11 is 0. The molecule has 2 unspecified atom stereocenters. The summed E-state index contributed by atoms with van der Waals surface area (Å²) in [6.07, 6.45) is 0. The molecule has 0 radical (unpaired) electrons. The van der Waals surface area contributed by atoms with Crippen molar-refractivity contribution in [3.8, 4) is 0 Å². The van der Waals surface area contributed by atoms with Crippen LogP contribution in [0, 0.1) is 17.8 Å². The number of aliphatic hydroxyl groups excluding tert-OH is 1. The number of nitrogens with zero attached hydrogens (tertiary/aromatic N) is 2. The fourth-order valence-corrected chi connectivity index (χ4v) is 3.31. The number of hydrogen-bond acceptors (Lipinski definition) is 3. The van der Waals surface area contributed by atoms with E-state index in [1.807, 2.05) is 0 Å². The summed E-state index contributed by atoms with van der Waals surface area (Å²) < 4.78 is 0. The Balaban J connectivity index is 2.07. The second-order valence-corrected chi connectivity index (χ2v) is 5.64. The molecule has 0 aromatic carbocycles. The molecule has 15 heavy (non-hydrogen) atoms. The molecule has 3 nitrogen and oxygen atoms in total. The van der Waals surface area contributed by atoms with Crippen LogP contribution < -0.4 is 0 Å². The predicted octanol–water partition coefficient (Wildman–Crippen LogP) is 0.497. The Hall–Kier alpha value is -0.120. The fraction of sp³-hybridized carbons (Fsp3) is 1.00. The van der Waals surface area contributed by atoms with Crippen molar-refractivity contribution in [2.24, 2.45) is 17.8 Å². The van der Waals surface area contributed by atoms with Crippen LogP contribution in [0.5, 0.6) is 0 Å². The molecule has 2 heterocycles. The molecule has 0 amide bonds. The van der Waals surface area contributed by atoms with Crippen LogP contribution in [0.3, 0.4) is 0 Å². The molecular formula is C12H24N2O. The Bertz CT molecular complexity index is 204. The highest BCUT2D eigenvalue weighted by atomic mass is 16.3. The molecule has 1 N–H and O–H groups in total. The third kappa shape index (κ3) is 2.19. The van der Waals surface area contributed by atoms with Gasteiger partial charge in [0.1, 0.15) is 0 Å². The normalized spacial score (nSPS) is 38.6. The highest BCUT2D eigenvalue weighted by Crippen LogP contribution is 2.34. The fourth-order valence-electron chi connectivity index (χ4n) is 3.31. The topological polar surface area (TPSA) is 26.7 Å². The maximum absolute atomic E-state index is 9.47. The van der Waals surface area contributed by atoms with Gasteiger partial charge in [0.05, 0.1) is 0 Å². The van der Waals surface area contributed by atoms with Crippen LogP contribution in [-0.2, 0) is 0 Å². The van der Waals surface area contributed by atoms with E-state index in [1.165, 1.54) is 13.1 Å². The van der Waals surface area contributed by atoms with Gasteiger partial charge in [-0.2, -0.15) is 0 Å². The van der Waals surface area contributed by atoms with Crippen molar-refractivity contribution in [2.45, 2.75) is 19.9 Å². The summed E-state index contributed by atoms with van der Waals surface area (Å²) in [6.45, 7) is 9.59. The minimum absolute atomic E-state index is 0.384. The van der Waals surface area contributed by atoms with Crippen molar-refractivity contribution >= 4 is 0 Å². The standard InChI is InChI=1S/C12H24N2O/c1-9(2)14-6-10-4-13(3)5-11(7-14)12(10)8-15/h9-12,15H,4-8H2,1-3H3. The minimum Gasteiger partial charge on any atom is -0.396 e. The van der Waals surface area contributed by atoms with Gasteiger partial charge in [-0.3, -0.25) is 0 Å². The lowest BCUT2D eigenvalue weighted by Gasteiger charge is -2.50. The number of aliphatic hydroxyl groups is 1. The van der Waals surface area contributed by atoms with E-state index in [-0.39, 0.29) is 0 Å². The number of hydrogen-bond donors (Lipinski definition) is 1. The lowest BCUT2D eigenvalue weighted by atomic mass is 9.74. The van der Waals surface area contributed by atoms with Gasteiger partial charge in [0.25, 0.3) is 0 Å². The molecule has 0 aromatic heterocycles. The van der Waals surface area contributed by atoms with Crippen LogP contribution in [0.25, 0.3) is 0 Å². The zero-order chi connectivity index (χ0) is 11.0. The van der Waals surface area contributed by atoms with Crippen molar-refractivity contribution in [3.05, 3.63) is 0 Å². The van der Waals surface area contributed by atoms with Crippen molar-refractivity contribution < 1.29 is 5.11 Å². The molecule has 3 heteroatoms. The van der Waals surface area contributed by atoms with Gasteiger partial charge in [-0.15, -0.1) is 0 Å². The first-order chi connectivity index (χ1) is 7.11. The summed E-state index contributed by atoms with van der Waals surface area (Å²) in [6, 6.07) is 0.651. The van der Waals surface area contributed by atoms with Gasteiger partial charge in [-0.05, 0) is 38.6 Å². The van der Waals surface area contributed by atoms with Crippen molar-refractivity contribution in [2.75, 3.05) is 39.8 Å². The monoisotopic (exact) mass is 212 g/mol. The lowest BCUT2D eigenvalue weighted by molar-refractivity contribution is -0.0445. The maximum atomic E-state index is 9.47. The molecule has 88 valence electrons. The summed E-state index contributed by atoms with van der Waals surface area (Å²) in [5.41, 5.74) is 0. The summed E-state index contributed by atoms with van der Waals surface area (Å²) in [5.74, 6) is 1.90. The van der Waals surface area contributed by atoms with E-state index >= 15 is 0 Å². The smallest absolute Gasteiger partial charge is 0.0466 e. The Morgan fingerprint density at radius 2 is 1.67 bits per heavy atom. The van der Waals surface area contributed by atoms with Crippen molar-refractivity contribution in [3.63, 3.8) is 0 Å². The molecule has 2 fully saturated rings. The van der Waals surface area contributed by atoms with Crippen LogP contribution >= 0.6 is 0 Å². The van der Waals surface area contributed by atoms with Crippen molar-refractivity contribution in [1.82, 2.24) is 9.80 Å². The molecule has 0 saturated carbocycles. The Morgan fingerprint density at radius 1 is 1.13 bits per heavy atom. The van der Waals surface area contributed by atoms with Gasteiger partial charge < -0.3 is 14.9 Å². The van der Waals surface area contributed by atoms with Crippen molar-refractivity contribution in [1.29, 1.82) is 0 Å². The van der Waals surface area contributed by atoms with Crippen LogP contribution in [0.1, 0.15) is 13.8 Å². The molecular weight excluding hydrogens is 188 g/mol. The first-order valence-corrected chi connectivity index (χ1v) is 6.15. The van der Waals surface area contributed by atoms with Gasteiger partial charge >= 0.3 is 0 Å². The van der Waals surface area contributed by atoms with Gasteiger partial charge in [0.15, 0.2) is 0 Å². The molecule has 2 aliphatic rings. The number of rotatable bonds is 2. The number of fused-ring (bicyclic) bond motifs is 2. The molecule has 0 aromatic rings. The zero-order valence-electron chi connectivity index (χ0n) is 10.2. The van der Waals surface area contributed by atoms with E-state index in [0.29, 0.717) is 30.4 Å². The Labute approximate surface area is 93.1 Å². The quantitative estimate of drug-likeness (QED) is 0.722. The van der Waals surface area contributed by atoms with E-state index in [2.05, 4.69) is 30.7 Å². The van der Waals surface area contributed by atoms with Gasteiger partial charge in [-0.25, -0.2) is 0 Å². The van der Waals surface area contributed by atoms with E-state index in [0.717, 1.165) is 13.1 Å². The Kier molecular flexibility index (Phi) is 3.33. The average molecular weight is 212 g/mol. The van der Waals surface area contributed by atoms with Gasteiger partial charge in [0.2, 0.25) is 0 Å². The molecule has 2 saturated heterocycles. The molecule has 0 spiro atoms. The van der Waals surface area contributed by atoms with E-state index < -0.39 is 0 Å². The maximum Gasteiger partial charge on any atom is 0.0466 e. The predicted molar refractivity (Wildman–Crippen MR) is 61.8 cm³/mol. The lowest BCUT2D eigenvalue weighted by Crippen LogP contribution is -2.58. The molecule has 2 bridgehead atoms. The Morgan fingerprint density at radius 3 is 2.07 bits per heavy atom. The molecule has 2 aliphatic heterocycles. The van der Waals surface area contributed by atoms with Gasteiger partial charge in [0, 0.05) is 38.8 Å². The van der Waals surface area contributed by atoms with Gasteiger partial charge in [-0.1, -0.05) is 0 Å². The third-order valence-corrected chi connectivity index (χ3v) is 4.18. The third-order valence-electron chi connectivity index (χ3n) is 4.18. The first-order valence-electron chi connectivity index (χ1n) is 6.15. The number of piperidine rings is 2. The van der Waals surface area contributed by atoms with E-state index in [9.17, 15) is 5.11 Å². The van der Waals surface area contributed by atoms with E-state index in [1.54, 1.807) is 0 Å². The van der Waals surface area contributed by atoms with Crippen LogP contribution in [0.4, 0.5) is 0 Å². The second kappa shape index (κ2) is 4.40. The minimum atomic E-state index is 0.384. The van der Waals surface area contributed by atoms with Crippen LogP contribution in [0.15, 0.2) is 0 Å². The summed E-state index contributed by atoms with van der Waals surface area (Å²) in [5, 5.41) is 9.47. The highest BCUT2D eigenvalue weighted by molar-refractivity contribution is 4.93. The first kappa shape index (κ1) is 11.4. The zero-order valence-corrected chi connectivity index (χ0v) is 10.2. The van der Waals surface area contributed by atoms with Crippen LogP contribution in [-0.4, -0.2) is 60.8 Å². The molecule has 2 atom stereocenters. The molecule has 0 aliphatic carbocycles. The number of likely N-dealkylation sites (tertiary alicyclic amines) is 2. The highest BCUT2D eigenvalue weighted by Gasteiger charge is 2.41.